The van der Waals surface area contributed by atoms with Crippen LogP contribution in [0.25, 0.3) is 0 Å². The molecule has 4 nitrogen and oxygen atoms in total. The summed E-state index contributed by atoms with van der Waals surface area (Å²) in [4.78, 5) is 24.0. The smallest absolute Gasteiger partial charge is 0.351 e. The highest BCUT2D eigenvalue weighted by molar-refractivity contribution is 5.83. The molecule has 0 bridgehead atoms. The van der Waals surface area contributed by atoms with Gasteiger partial charge in [0.2, 0.25) is 11.8 Å². The second-order valence-electron chi connectivity index (χ2n) is 4.81. The molecule has 1 saturated heterocycles. The first kappa shape index (κ1) is 15.8. The van der Waals surface area contributed by atoms with Gasteiger partial charge in [-0.25, -0.2) is 0 Å². The van der Waals surface area contributed by atoms with Crippen LogP contribution < -0.4 is 5.32 Å². The summed E-state index contributed by atoms with van der Waals surface area (Å²) >= 11 is 0. The summed E-state index contributed by atoms with van der Waals surface area (Å²) < 4.78 is 36.7. The molecule has 0 radical (unpaired) electrons. The Balaban J connectivity index is 2.51. The van der Waals surface area contributed by atoms with Gasteiger partial charge in [-0.2, -0.15) is 13.2 Å². The van der Waals surface area contributed by atoms with Crippen LogP contribution in [0.3, 0.4) is 0 Å². The number of nitrogens with one attached hydrogen (secondary N) is 1. The average molecular weight is 280 g/mol. The Labute approximate surface area is 110 Å². The highest BCUT2D eigenvalue weighted by atomic mass is 19.4. The summed E-state index contributed by atoms with van der Waals surface area (Å²) in [5.41, 5.74) is 0. The lowest BCUT2D eigenvalue weighted by molar-refractivity contribution is -0.157. The molecule has 1 fully saturated rings. The largest absolute Gasteiger partial charge is 0.406 e. The number of rotatable bonds is 5. The van der Waals surface area contributed by atoms with E-state index in [2.05, 4.69) is 5.32 Å². The number of hydrogen-bond donors (Lipinski definition) is 1. The molecule has 0 aromatic carbocycles. The average Bonchev–Trinajstić information content (AvgIpc) is 2.58. The van der Waals surface area contributed by atoms with Crippen molar-refractivity contribution in [2.45, 2.75) is 45.3 Å². The van der Waals surface area contributed by atoms with Gasteiger partial charge in [0, 0.05) is 18.9 Å². The number of alkyl halides is 3. The number of nitrogens with zero attached hydrogens (tertiary/aromatic N) is 1. The highest BCUT2D eigenvalue weighted by Crippen LogP contribution is 2.21. The first-order chi connectivity index (χ1) is 8.76. The van der Waals surface area contributed by atoms with E-state index in [1.54, 1.807) is 0 Å². The number of carbonyl (C=O) groups is 2. The third kappa shape index (κ3) is 4.72. The molecule has 1 N–H and O–H groups in total. The summed E-state index contributed by atoms with van der Waals surface area (Å²) in [6.45, 7) is 2.44. The Morgan fingerprint density at radius 1 is 1.42 bits per heavy atom. The lowest BCUT2D eigenvalue weighted by atomic mass is 10.0. The molecule has 1 rings (SSSR count). The third-order valence-electron chi connectivity index (χ3n) is 3.29. The van der Waals surface area contributed by atoms with Crippen LogP contribution in [-0.4, -0.2) is 42.0 Å². The van der Waals surface area contributed by atoms with Crippen molar-refractivity contribution in [3.05, 3.63) is 0 Å². The minimum atomic E-state index is -4.40. The molecular formula is C12H19F3N2O2. The molecule has 1 heterocycles. The van der Waals surface area contributed by atoms with Gasteiger partial charge in [-0.15, -0.1) is 0 Å². The molecule has 1 aliphatic heterocycles. The molecule has 0 aliphatic carbocycles. The number of carbonyl (C=O) groups excluding carboxylic acids is 2. The number of likely N-dealkylation sites (tertiary alicyclic amines) is 1. The van der Waals surface area contributed by atoms with Crippen LogP contribution in [0, 0.1) is 5.92 Å². The highest BCUT2D eigenvalue weighted by Gasteiger charge is 2.38. The topological polar surface area (TPSA) is 49.4 Å². The first-order valence-corrected chi connectivity index (χ1v) is 6.41. The van der Waals surface area contributed by atoms with E-state index in [4.69, 9.17) is 0 Å². The standard InChI is InChI=1S/C12H19F3N2O2/c1-3-8(4-2)11(19)16-9-5-10(18)17(6-9)7-12(13,14)15/h8-9H,3-7H2,1-2H3,(H,16,19). The molecule has 2 amide bonds. The summed E-state index contributed by atoms with van der Waals surface area (Å²) in [6, 6.07) is -0.511. The Morgan fingerprint density at radius 3 is 2.47 bits per heavy atom. The summed E-state index contributed by atoms with van der Waals surface area (Å²) in [6.07, 6.45) is -3.10. The zero-order valence-electron chi connectivity index (χ0n) is 11.1. The second kappa shape index (κ2) is 6.25. The van der Waals surface area contributed by atoms with Crippen molar-refractivity contribution >= 4 is 11.8 Å². The predicted molar refractivity (Wildman–Crippen MR) is 63.3 cm³/mol. The molecule has 0 aromatic rings. The molecule has 1 unspecified atom stereocenters. The normalized spacial score (nSPS) is 20.2. The van der Waals surface area contributed by atoms with Crippen LogP contribution in [-0.2, 0) is 9.59 Å². The zero-order chi connectivity index (χ0) is 14.6. The summed E-state index contributed by atoms with van der Waals surface area (Å²) in [7, 11) is 0. The van der Waals surface area contributed by atoms with Crippen LogP contribution in [0.1, 0.15) is 33.1 Å². The maximum atomic E-state index is 12.2. The maximum absolute atomic E-state index is 12.2. The van der Waals surface area contributed by atoms with Gasteiger partial charge < -0.3 is 10.2 Å². The molecule has 1 atom stereocenters. The molecule has 7 heteroatoms. The quantitative estimate of drug-likeness (QED) is 0.833. The van der Waals surface area contributed by atoms with E-state index < -0.39 is 24.7 Å². The van der Waals surface area contributed by atoms with Crippen LogP contribution in [0.4, 0.5) is 13.2 Å². The van der Waals surface area contributed by atoms with Crippen LogP contribution in [0.5, 0.6) is 0 Å². The predicted octanol–water partition coefficient (Wildman–Crippen LogP) is 1.70. The van der Waals surface area contributed by atoms with E-state index in [-0.39, 0.29) is 24.8 Å². The van der Waals surface area contributed by atoms with Gasteiger partial charge in [-0.05, 0) is 12.8 Å². The molecule has 1 aliphatic rings. The molecule has 0 spiro atoms. The lowest BCUT2D eigenvalue weighted by Gasteiger charge is -2.20. The fourth-order valence-corrected chi connectivity index (χ4v) is 2.22. The molecule has 19 heavy (non-hydrogen) atoms. The Morgan fingerprint density at radius 2 is 2.00 bits per heavy atom. The van der Waals surface area contributed by atoms with Crippen molar-refractivity contribution in [1.29, 1.82) is 0 Å². The van der Waals surface area contributed by atoms with Gasteiger partial charge in [-0.1, -0.05) is 13.8 Å². The van der Waals surface area contributed by atoms with E-state index in [0.717, 1.165) is 4.90 Å². The number of amides is 2. The van der Waals surface area contributed by atoms with Gasteiger partial charge >= 0.3 is 6.18 Å². The van der Waals surface area contributed by atoms with Crippen molar-refractivity contribution in [1.82, 2.24) is 10.2 Å². The van der Waals surface area contributed by atoms with E-state index in [9.17, 15) is 22.8 Å². The van der Waals surface area contributed by atoms with Gasteiger partial charge in [-0.3, -0.25) is 9.59 Å². The number of hydrogen-bond acceptors (Lipinski definition) is 2. The Bertz CT molecular complexity index is 340. The van der Waals surface area contributed by atoms with Crippen LogP contribution in [0.2, 0.25) is 0 Å². The SMILES string of the molecule is CCC(CC)C(=O)NC1CC(=O)N(CC(F)(F)F)C1. The fourth-order valence-electron chi connectivity index (χ4n) is 2.22. The summed E-state index contributed by atoms with van der Waals surface area (Å²) in [5.74, 6) is -0.893. The zero-order valence-corrected chi connectivity index (χ0v) is 11.1. The second-order valence-corrected chi connectivity index (χ2v) is 4.81. The van der Waals surface area contributed by atoms with Crippen molar-refractivity contribution in [3.8, 4) is 0 Å². The molecular weight excluding hydrogens is 261 g/mol. The fraction of sp³-hybridized carbons (Fsp3) is 0.833. The van der Waals surface area contributed by atoms with Gasteiger partial charge in [0.25, 0.3) is 0 Å². The van der Waals surface area contributed by atoms with Crippen molar-refractivity contribution < 1.29 is 22.8 Å². The van der Waals surface area contributed by atoms with Gasteiger partial charge in [0.15, 0.2) is 0 Å². The van der Waals surface area contributed by atoms with Crippen molar-refractivity contribution in [2.24, 2.45) is 5.92 Å². The van der Waals surface area contributed by atoms with E-state index in [1.807, 2.05) is 13.8 Å². The molecule has 110 valence electrons. The Hall–Kier alpha value is -1.27. The van der Waals surface area contributed by atoms with Gasteiger partial charge in [0.05, 0.1) is 6.04 Å². The third-order valence-corrected chi connectivity index (χ3v) is 3.29. The first-order valence-electron chi connectivity index (χ1n) is 6.41. The van der Waals surface area contributed by atoms with Gasteiger partial charge in [0.1, 0.15) is 6.54 Å². The molecule has 0 saturated carbocycles. The van der Waals surface area contributed by atoms with Crippen molar-refractivity contribution in [2.75, 3.05) is 13.1 Å². The van der Waals surface area contributed by atoms with Crippen LogP contribution >= 0.6 is 0 Å². The van der Waals surface area contributed by atoms with E-state index in [1.165, 1.54) is 0 Å². The number of halogens is 3. The monoisotopic (exact) mass is 280 g/mol. The van der Waals surface area contributed by atoms with E-state index in [0.29, 0.717) is 12.8 Å². The van der Waals surface area contributed by atoms with E-state index >= 15 is 0 Å². The minimum absolute atomic E-state index is 0.0536. The molecule has 0 aromatic heterocycles. The van der Waals surface area contributed by atoms with Crippen LogP contribution in [0.15, 0.2) is 0 Å². The van der Waals surface area contributed by atoms with Crippen molar-refractivity contribution in [3.63, 3.8) is 0 Å². The minimum Gasteiger partial charge on any atom is -0.351 e. The lowest BCUT2D eigenvalue weighted by Crippen LogP contribution is -2.41. The maximum Gasteiger partial charge on any atom is 0.406 e. The Kier molecular flexibility index (Phi) is 5.20. The summed E-state index contributed by atoms with van der Waals surface area (Å²) in [5, 5.41) is 2.66.